The van der Waals surface area contributed by atoms with E-state index in [1.54, 1.807) is 6.92 Å². The van der Waals surface area contributed by atoms with Crippen molar-refractivity contribution in [2.24, 2.45) is 5.92 Å². The SMILES string of the molecule is CC.CC1CCCC1(F)F. The molecule has 1 aliphatic rings. The van der Waals surface area contributed by atoms with Gasteiger partial charge in [-0.25, -0.2) is 8.78 Å². The maximum Gasteiger partial charge on any atom is 0.250 e. The molecule has 1 aliphatic carbocycles. The molecule has 10 heavy (non-hydrogen) atoms. The number of rotatable bonds is 0. The number of hydrogen-bond donors (Lipinski definition) is 0. The fraction of sp³-hybridized carbons (Fsp3) is 1.00. The third-order valence-electron chi connectivity index (χ3n) is 1.87. The molecular formula is C8H16F2. The van der Waals surface area contributed by atoms with E-state index in [0.29, 0.717) is 12.8 Å². The van der Waals surface area contributed by atoms with Crippen LogP contribution < -0.4 is 0 Å². The first-order valence-corrected chi connectivity index (χ1v) is 4.01. The third-order valence-corrected chi connectivity index (χ3v) is 1.87. The average Bonchev–Trinajstić information content (AvgIpc) is 2.17. The highest BCUT2D eigenvalue weighted by molar-refractivity contribution is 4.80. The van der Waals surface area contributed by atoms with Crippen LogP contribution in [0.25, 0.3) is 0 Å². The lowest BCUT2D eigenvalue weighted by Crippen LogP contribution is -2.17. The maximum atomic E-state index is 12.3. The van der Waals surface area contributed by atoms with Crippen LogP contribution in [0.2, 0.25) is 0 Å². The first-order chi connectivity index (χ1) is 4.63. The van der Waals surface area contributed by atoms with Crippen molar-refractivity contribution >= 4 is 0 Å². The van der Waals surface area contributed by atoms with Crippen LogP contribution in [-0.4, -0.2) is 5.92 Å². The van der Waals surface area contributed by atoms with Gasteiger partial charge in [-0.15, -0.1) is 0 Å². The molecule has 0 aliphatic heterocycles. The zero-order valence-corrected chi connectivity index (χ0v) is 6.95. The summed E-state index contributed by atoms with van der Waals surface area (Å²) in [7, 11) is 0. The quantitative estimate of drug-likeness (QED) is 0.496. The Morgan fingerprint density at radius 2 is 1.80 bits per heavy atom. The molecule has 1 rings (SSSR count). The van der Waals surface area contributed by atoms with Crippen molar-refractivity contribution in [2.45, 2.75) is 46.0 Å². The first-order valence-electron chi connectivity index (χ1n) is 4.01. The van der Waals surface area contributed by atoms with Gasteiger partial charge in [0.05, 0.1) is 0 Å². The second-order valence-corrected chi connectivity index (χ2v) is 2.55. The van der Waals surface area contributed by atoms with Crippen LogP contribution in [0.1, 0.15) is 40.0 Å². The minimum atomic E-state index is -2.35. The predicted molar refractivity (Wildman–Crippen MR) is 39.3 cm³/mol. The van der Waals surface area contributed by atoms with Crippen molar-refractivity contribution in [3.8, 4) is 0 Å². The molecular weight excluding hydrogens is 134 g/mol. The zero-order valence-electron chi connectivity index (χ0n) is 6.95. The third kappa shape index (κ3) is 2.24. The van der Waals surface area contributed by atoms with Gasteiger partial charge in [-0.1, -0.05) is 20.8 Å². The van der Waals surface area contributed by atoms with E-state index >= 15 is 0 Å². The zero-order chi connectivity index (χ0) is 8.20. The molecule has 0 heterocycles. The van der Waals surface area contributed by atoms with Gasteiger partial charge < -0.3 is 0 Å². The fourth-order valence-electron chi connectivity index (χ4n) is 1.10. The lowest BCUT2D eigenvalue weighted by atomic mass is 10.1. The van der Waals surface area contributed by atoms with Crippen molar-refractivity contribution in [2.75, 3.05) is 0 Å². The molecule has 1 fully saturated rings. The summed E-state index contributed by atoms with van der Waals surface area (Å²) in [6.45, 7) is 5.62. The van der Waals surface area contributed by atoms with Crippen molar-refractivity contribution in [1.29, 1.82) is 0 Å². The van der Waals surface area contributed by atoms with Gasteiger partial charge in [0.1, 0.15) is 0 Å². The summed E-state index contributed by atoms with van der Waals surface area (Å²) in [5.41, 5.74) is 0. The van der Waals surface area contributed by atoms with Crippen LogP contribution in [-0.2, 0) is 0 Å². The van der Waals surface area contributed by atoms with Gasteiger partial charge in [0.2, 0.25) is 0 Å². The van der Waals surface area contributed by atoms with E-state index in [-0.39, 0.29) is 12.3 Å². The molecule has 2 heteroatoms. The molecule has 62 valence electrons. The molecule has 0 aromatic rings. The molecule has 1 atom stereocenters. The van der Waals surface area contributed by atoms with Gasteiger partial charge >= 0.3 is 0 Å². The molecule has 0 N–H and O–H groups in total. The normalized spacial score (nSPS) is 29.1. The fourth-order valence-corrected chi connectivity index (χ4v) is 1.10. The summed E-state index contributed by atoms with van der Waals surface area (Å²) in [4.78, 5) is 0. The van der Waals surface area contributed by atoms with Crippen LogP contribution in [0.15, 0.2) is 0 Å². The number of halogens is 2. The van der Waals surface area contributed by atoms with E-state index in [9.17, 15) is 8.78 Å². The van der Waals surface area contributed by atoms with Crippen LogP contribution >= 0.6 is 0 Å². The van der Waals surface area contributed by atoms with Crippen LogP contribution in [0, 0.1) is 5.92 Å². The highest BCUT2D eigenvalue weighted by Crippen LogP contribution is 2.39. The smallest absolute Gasteiger partial charge is 0.207 e. The lowest BCUT2D eigenvalue weighted by molar-refractivity contribution is -0.0299. The Kier molecular flexibility index (Phi) is 3.84. The highest BCUT2D eigenvalue weighted by atomic mass is 19.3. The van der Waals surface area contributed by atoms with Gasteiger partial charge in [-0.05, 0) is 12.8 Å². The van der Waals surface area contributed by atoms with Crippen molar-refractivity contribution < 1.29 is 8.78 Å². The average molecular weight is 150 g/mol. The molecule has 0 radical (unpaired) electrons. The summed E-state index contributed by atoms with van der Waals surface area (Å²) in [6, 6.07) is 0. The Morgan fingerprint density at radius 3 is 1.90 bits per heavy atom. The summed E-state index contributed by atoms with van der Waals surface area (Å²) in [6.07, 6.45) is 1.51. The van der Waals surface area contributed by atoms with Crippen LogP contribution in [0.3, 0.4) is 0 Å². The van der Waals surface area contributed by atoms with E-state index in [2.05, 4.69) is 0 Å². The summed E-state index contributed by atoms with van der Waals surface area (Å²) >= 11 is 0. The molecule has 1 saturated carbocycles. The Hall–Kier alpha value is -0.140. The van der Waals surface area contributed by atoms with Gasteiger partial charge in [0.25, 0.3) is 5.92 Å². The predicted octanol–water partition coefficient (Wildman–Crippen LogP) is 3.47. The monoisotopic (exact) mass is 150 g/mol. The van der Waals surface area contributed by atoms with E-state index in [1.807, 2.05) is 13.8 Å². The molecule has 0 bridgehead atoms. The molecule has 0 amide bonds. The summed E-state index contributed by atoms with van der Waals surface area (Å²) in [5.74, 6) is -2.72. The van der Waals surface area contributed by atoms with Gasteiger partial charge in [0.15, 0.2) is 0 Å². The van der Waals surface area contributed by atoms with E-state index in [1.165, 1.54) is 0 Å². The summed E-state index contributed by atoms with van der Waals surface area (Å²) < 4.78 is 24.7. The van der Waals surface area contributed by atoms with Crippen molar-refractivity contribution in [3.05, 3.63) is 0 Å². The topological polar surface area (TPSA) is 0 Å². The Balaban J connectivity index is 0.000000371. The lowest BCUT2D eigenvalue weighted by Gasteiger charge is -2.12. The van der Waals surface area contributed by atoms with Gasteiger partial charge in [-0.3, -0.25) is 0 Å². The second kappa shape index (κ2) is 3.89. The molecule has 1 unspecified atom stereocenters. The molecule has 0 nitrogen and oxygen atoms in total. The van der Waals surface area contributed by atoms with E-state index in [0.717, 1.165) is 0 Å². The molecule has 0 aromatic carbocycles. The maximum absolute atomic E-state index is 12.3. The van der Waals surface area contributed by atoms with Crippen molar-refractivity contribution in [3.63, 3.8) is 0 Å². The highest BCUT2D eigenvalue weighted by Gasteiger charge is 2.40. The Labute approximate surface area is 61.6 Å². The Morgan fingerprint density at radius 1 is 1.30 bits per heavy atom. The molecule has 0 aromatic heterocycles. The number of alkyl halides is 2. The summed E-state index contributed by atoms with van der Waals surface area (Å²) in [5, 5.41) is 0. The largest absolute Gasteiger partial charge is 0.250 e. The minimum Gasteiger partial charge on any atom is -0.207 e. The van der Waals surface area contributed by atoms with Crippen LogP contribution in [0.4, 0.5) is 8.78 Å². The van der Waals surface area contributed by atoms with Gasteiger partial charge in [-0.2, -0.15) is 0 Å². The van der Waals surface area contributed by atoms with E-state index in [4.69, 9.17) is 0 Å². The standard InChI is InChI=1S/C6H10F2.C2H6/c1-5-3-2-4-6(5,7)8;1-2/h5H,2-4H2,1H3;1-2H3. The second-order valence-electron chi connectivity index (χ2n) is 2.55. The van der Waals surface area contributed by atoms with E-state index < -0.39 is 5.92 Å². The number of hydrogen-bond acceptors (Lipinski definition) is 0. The van der Waals surface area contributed by atoms with Crippen LogP contribution in [0.5, 0.6) is 0 Å². The first kappa shape index (κ1) is 9.86. The molecule has 0 spiro atoms. The van der Waals surface area contributed by atoms with Crippen molar-refractivity contribution in [1.82, 2.24) is 0 Å². The molecule has 0 saturated heterocycles. The van der Waals surface area contributed by atoms with Gasteiger partial charge in [0, 0.05) is 12.3 Å². The minimum absolute atomic E-state index is 0.105. The Bertz CT molecular complexity index is 89.3.